The normalized spacial score (nSPS) is 22.7. The summed E-state index contributed by atoms with van der Waals surface area (Å²) in [5.74, 6) is -1.45. The maximum atomic E-state index is 11.2. The molecule has 1 aromatic heterocycles. The van der Waals surface area contributed by atoms with E-state index in [-0.39, 0.29) is 17.7 Å². The van der Waals surface area contributed by atoms with Gasteiger partial charge in [-0.3, -0.25) is 9.59 Å². The molecule has 4 N–H and O–H groups in total. The molecule has 1 fully saturated rings. The lowest BCUT2D eigenvalue weighted by atomic mass is 9.86. The molecular formula is C12H16N4O3. The molecule has 0 saturated heterocycles. The second-order valence-corrected chi connectivity index (χ2v) is 4.66. The summed E-state index contributed by atoms with van der Waals surface area (Å²) >= 11 is 0. The number of carbonyl (C=O) groups is 2. The maximum Gasteiger partial charge on any atom is 0.306 e. The van der Waals surface area contributed by atoms with Crippen molar-refractivity contribution in [3.63, 3.8) is 0 Å². The van der Waals surface area contributed by atoms with Gasteiger partial charge in [-0.05, 0) is 19.3 Å². The zero-order valence-electron chi connectivity index (χ0n) is 10.4. The highest BCUT2D eigenvalue weighted by molar-refractivity contribution is 5.95. The van der Waals surface area contributed by atoms with Crippen molar-refractivity contribution in [3.05, 3.63) is 18.1 Å². The van der Waals surface area contributed by atoms with Crippen LogP contribution in [0.2, 0.25) is 0 Å². The lowest BCUT2D eigenvalue weighted by Crippen LogP contribution is -2.32. The SMILES string of the molecule is NC(=O)c1nccnc1NC1CCCC(C(=O)O)C1. The lowest BCUT2D eigenvalue weighted by molar-refractivity contribution is -0.142. The van der Waals surface area contributed by atoms with Crippen LogP contribution in [0.4, 0.5) is 5.82 Å². The van der Waals surface area contributed by atoms with Crippen molar-refractivity contribution in [1.29, 1.82) is 0 Å². The molecule has 7 nitrogen and oxygen atoms in total. The van der Waals surface area contributed by atoms with Crippen LogP contribution in [-0.4, -0.2) is 33.0 Å². The monoisotopic (exact) mass is 264 g/mol. The fraction of sp³-hybridized carbons (Fsp3) is 0.500. The second-order valence-electron chi connectivity index (χ2n) is 4.66. The molecule has 7 heteroatoms. The van der Waals surface area contributed by atoms with Gasteiger partial charge in [0.15, 0.2) is 11.5 Å². The van der Waals surface area contributed by atoms with Crippen LogP contribution in [0, 0.1) is 5.92 Å². The quantitative estimate of drug-likeness (QED) is 0.734. The van der Waals surface area contributed by atoms with Gasteiger partial charge >= 0.3 is 5.97 Å². The van der Waals surface area contributed by atoms with Gasteiger partial charge in [0.2, 0.25) is 0 Å². The Hall–Kier alpha value is -2.18. The van der Waals surface area contributed by atoms with Gasteiger partial charge in [0, 0.05) is 18.4 Å². The first-order valence-electron chi connectivity index (χ1n) is 6.18. The highest BCUT2D eigenvalue weighted by Crippen LogP contribution is 2.26. The van der Waals surface area contributed by atoms with E-state index in [4.69, 9.17) is 10.8 Å². The van der Waals surface area contributed by atoms with Crippen molar-refractivity contribution in [3.8, 4) is 0 Å². The molecule has 0 aliphatic heterocycles. The molecule has 2 atom stereocenters. The number of rotatable bonds is 4. The summed E-state index contributed by atoms with van der Waals surface area (Å²) in [6.07, 6.45) is 5.75. The van der Waals surface area contributed by atoms with E-state index in [2.05, 4.69) is 15.3 Å². The van der Waals surface area contributed by atoms with Crippen LogP contribution < -0.4 is 11.1 Å². The Morgan fingerprint density at radius 1 is 1.32 bits per heavy atom. The summed E-state index contributed by atoms with van der Waals surface area (Å²) in [7, 11) is 0. The molecule has 2 unspecified atom stereocenters. The molecule has 1 aromatic rings. The Balaban J connectivity index is 2.09. The number of aromatic nitrogens is 2. The number of carboxylic acid groups (broad SMARTS) is 1. The molecule has 2 rings (SSSR count). The van der Waals surface area contributed by atoms with E-state index in [1.165, 1.54) is 12.4 Å². The van der Waals surface area contributed by atoms with Crippen molar-refractivity contribution in [1.82, 2.24) is 9.97 Å². The fourth-order valence-electron chi connectivity index (χ4n) is 2.36. The number of carboxylic acids is 1. The minimum absolute atomic E-state index is 0.0235. The zero-order chi connectivity index (χ0) is 13.8. The number of primary amides is 1. The van der Waals surface area contributed by atoms with Crippen molar-refractivity contribution in [2.24, 2.45) is 11.7 Å². The number of hydrogen-bond donors (Lipinski definition) is 3. The molecule has 0 aromatic carbocycles. The molecular weight excluding hydrogens is 248 g/mol. The van der Waals surface area contributed by atoms with Gasteiger partial charge < -0.3 is 16.2 Å². The van der Waals surface area contributed by atoms with Crippen LogP contribution in [0.15, 0.2) is 12.4 Å². The predicted molar refractivity (Wildman–Crippen MR) is 67.6 cm³/mol. The minimum atomic E-state index is -0.777. The molecule has 1 aliphatic rings. The molecule has 0 bridgehead atoms. The Morgan fingerprint density at radius 3 is 2.74 bits per heavy atom. The number of anilines is 1. The van der Waals surface area contributed by atoms with E-state index in [1.807, 2.05) is 0 Å². The van der Waals surface area contributed by atoms with Crippen molar-refractivity contribution in [2.45, 2.75) is 31.7 Å². The standard InChI is InChI=1S/C12H16N4O3/c13-10(17)9-11(15-5-4-14-9)16-8-3-1-2-7(6-8)12(18)19/h4-5,7-8H,1-3,6H2,(H2,13,17)(H,15,16)(H,18,19). The minimum Gasteiger partial charge on any atom is -0.481 e. The average molecular weight is 264 g/mol. The lowest BCUT2D eigenvalue weighted by Gasteiger charge is -2.27. The summed E-state index contributed by atoms with van der Waals surface area (Å²) in [5, 5.41) is 12.1. The number of nitrogens with two attached hydrogens (primary N) is 1. The van der Waals surface area contributed by atoms with Crippen LogP contribution in [0.5, 0.6) is 0 Å². The summed E-state index contributed by atoms with van der Waals surface area (Å²) in [6.45, 7) is 0. The van der Waals surface area contributed by atoms with Crippen molar-refractivity contribution in [2.75, 3.05) is 5.32 Å². The summed E-state index contributed by atoms with van der Waals surface area (Å²) in [6, 6.07) is -0.0235. The molecule has 19 heavy (non-hydrogen) atoms. The summed E-state index contributed by atoms with van der Waals surface area (Å²) < 4.78 is 0. The van der Waals surface area contributed by atoms with Crippen LogP contribution in [0.25, 0.3) is 0 Å². The van der Waals surface area contributed by atoms with E-state index >= 15 is 0 Å². The van der Waals surface area contributed by atoms with Crippen LogP contribution >= 0.6 is 0 Å². The number of hydrogen-bond acceptors (Lipinski definition) is 5. The van der Waals surface area contributed by atoms with Gasteiger partial charge in [-0.15, -0.1) is 0 Å². The number of nitrogens with one attached hydrogen (secondary N) is 1. The Kier molecular flexibility index (Phi) is 3.94. The van der Waals surface area contributed by atoms with Gasteiger partial charge in [-0.25, -0.2) is 9.97 Å². The third-order valence-electron chi connectivity index (χ3n) is 3.30. The van der Waals surface area contributed by atoms with Crippen molar-refractivity contribution >= 4 is 17.7 Å². The highest BCUT2D eigenvalue weighted by Gasteiger charge is 2.27. The topological polar surface area (TPSA) is 118 Å². The zero-order valence-corrected chi connectivity index (χ0v) is 10.4. The fourth-order valence-corrected chi connectivity index (χ4v) is 2.36. The number of carbonyl (C=O) groups excluding carboxylic acids is 1. The molecule has 1 heterocycles. The van der Waals surface area contributed by atoms with Crippen LogP contribution in [0.1, 0.15) is 36.2 Å². The van der Waals surface area contributed by atoms with E-state index in [9.17, 15) is 9.59 Å². The van der Waals surface area contributed by atoms with Gasteiger partial charge in [-0.2, -0.15) is 0 Å². The first kappa shape index (κ1) is 13.3. The summed E-state index contributed by atoms with van der Waals surface area (Å²) in [4.78, 5) is 30.1. The largest absolute Gasteiger partial charge is 0.481 e. The van der Waals surface area contributed by atoms with Gasteiger partial charge in [-0.1, -0.05) is 6.42 Å². The average Bonchev–Trinajstić information content (AvgIpc) is 2.39. The van der Waals surface area contributed by atoms with E-state index in [1.54, 1.807) is 0 Å². The van der Waals surface area contributed by atoms with Gasteiger partial charge in [0.1, 0.15) is 0 Å². The molecule has 1 saturated carbocycles. The van der Waals surface area contributed by atoms with Gasteiger partial charge in [0.05, 0.1) is 5.92 Å². The smallest absolute Gasteiger partial charge is 0.306 e. The van der Waals surface area contributed by atoms with Gasteiger partial charge in [0.25, 0.3) is 5.91 Å². The van der Waals surface area contributed by atoms with Crippen LogP contribution in [0.3, 0.4) is 0 Å². The number of amides is 1. The first-order chi connectivity index (χ1) is 9.08. The summed E-state index contributed by atoms with van der Waals surface area (Å²) in [5.41, 5.74) is 5.30. The maximum absolute atomic E-state index is 11.2. The van der Waals surface area contributed by atoms with E-state index < -0.39 is 11.9 Å². The first-order valence-corrected chi connectivity index (χ1v) is 6.18. The van der Waals surface area contributed by atoms with E-state index in [0.29, 0.717) is 18.7 Å². The Labute approximate surface area is 110 Å². The third kappa shape index (κ3) is 3.18. The highest BCUT2D eigenvalue weighted by atomic mass is 16.4. The Morgan fingerprint density at radius 2 is 2.05 bits per heavy atom. The molecule has 0 radical (unpaired) electrons. The number of nitrogens with zero attached hydrogens (tertiary/aromatic N) is 2. The molecule has 1 amide bonds. The Bertz CT molecular complexity index is 492. The molecule has 1 aliphatic carbocycles. The van der Waals surface area contributed by atoms with E-state index in [0.717, 1.165) is 12.8 Å². The molecule has 0 spiro atoms. The molecule has 102 valence electrons. The predicted octanol–water partition coefficient (Wildman–Crippen LogP) is 0.631. The second kappa shape index (κ2) is 5.64. The third-order valence-corrected chi connectivity index (χ3v) is 3.30. The van der Waals surface area contributed by atoms with Crippen LogP contribution in [-0.2, 0) is 4.79 Å². The number of aliphatic carboxylic acids is 1. The van der Waals surface area contributed by atoms with Crippen molar-refractivity contribution < 1.29 is 14.7 Å².